The summed E-state index contributed by atoms with van der Waals surface area (Å²) in [5.41, 5.74) is 1.11. The van der Waals surface area contributed by atoms with Crippen molar-refractivity contribution in [1.29, 1.82) is 0 Å². The number of esters is 4. The number of urea groups is 1. The first-order valence-corrected chi connectivity index (χ1v) is 16.2. The van der Waals surface area contributed by atoms with Crippen LogP contribution >= 0.6 is 11.6 Å². The molecule has 3 amide bonds. The summed E-state index contributed by atoms with van der Waals surface area (Å²) in [5, 5.41) is 5.50. The van der Waals surface area contributed by atoms with Crippen LogP contribution in [0.1, 0.15) is 43.6 Å². The molecule has 2 unspecified atom stereocenters. The summed E-state index contributed by atoms with van der Waals surface area (Å²) in [6, 6.07) is 8.87. The van der Waals surface area contributed by atoms with Gasteiger partial charge < -0.3 is 34.3 Å². The van der Waals surface area contributed by atoms with Gasteiger partial charge in [0, 0.05) is 44.8 Å². The maximum absolute atomic E-state index is 13.1. The Morgan fingerprint density at radius 3 is 1.94 bits per heavy atom. The van der Waals surface area contributed by atoms with E-state index < -0.39 is 77.2 Å². The highest BCUT2D eigenvalue weighted by Crippen LogP contribution is 2.28. The molecule has 260 valence electrons. The van der Waals surface area contributed by atoms with E-state index in [4.69, 9.17) is 35.3 Å². The van der Waals surface area contributed by atoms with E-state index in [1.165, 1.54) is 24.3 Å². The Bertz CT molecular complexity index is 1620. The fraction of sp³-hybridized carbons (Fsp3) is 0.400. The quantitative estimate of drug-likeness (QED) is 0.210. The Kier molecular flexibility index (Phi) is 13.3. The van der Waals surface area contributed by atoms with Crippen molar-refractivity contribution in [3.8, 4) is 0 Å². The number of rotatable bonds is 12. The second-order valence-electron chi connectivity index (χ2n) is 10.4. The summed E-state index contributed by atoms with van der Waals surface area (Å²) in [7, 11) is -4.48. The summed E-state index contributed by atoms with van der Waals surface area (Å²) in [4.78, 5) is 72.3. The van der Waals surface area contributed by atoms with Crippen LogP contribution in [0.4, 0.5) is 4.79 Å². The minimum Gasteiger partial charge on any atom is -0.463 e. The van der Waals surface area contributed by atoms with Crippen molar-refractivity contribution in [3.05, 3.63) is 64.7 Å². The molecular weight excluding hydrogens is 678 g/mol. The highest BCUT2D eigenvalue weighted by Gasteiger charge is 2.52. The molecule has 0 aromatic heterocycles. The van der Waals surface area contributed by atoms with Crippen LogP contribution < -0.4 is 15.4 Å². The average Bonchev–Trinajstić information content (AvgIpc) is 2.98. The number of sulfonamides is 1. The summed E-state index contributed by atoms with van der Waals surface area (Å²) >= 11 is 5.84. The van der Waals surface area contributed by atoms with Gasteiger partial charge in [0.2, 0.25) is 6.29 Å². The standard InChI is InChI=1S/C30H34ClN3O13S/c1-16(35)43-15-24-26(44-17(2)36)27(45-18(3)37)25(29(47-24)46-19(4)38)33-30(40)34-48(41,42)23-11-5-20(6-12-23)13-14-32-28(39)21-7-9-22(31)10-8-21/h5-12,24-27,29H,13-15H2,1-4H3,(H,32,39)(H2,33,34,40)/t24?,25-,26+,27?,29+/m0/s1. The molecule has 18 heteroatoms. The van der Waals surface area contributed by atoms with Gasteiger partial charge in [-0.25, -0.2) is 17.9 Å². The minimum absolute atomic E-state index is 0.251. The largest absolute Gasteiger partial charge is 0.463 e. The van der Waals surface area contributed by atoms with Crippen molar-refractivity contribution in [2.75, 3.05) is 13.2 Å². The van der Waals surface area contributed by atoms with Gasteiger partial charge in [-0.1, -0.05) is 23.7 Å². The maximum Gasteiger partial charge on any atom is 0.329 e. The van der Waals surface area contributed by atoms with Gasteiger partial charge in [0.15, 0.2) is 12.2 Å². The van der Waals surface area contributed by atoms with E-state index in [0.717, 1.165) is 27.7 Å². The van der Waals surface area contributed by atoms with E-state index in [-0.39, 0.29) is 17.3 Å². The second kappa shape index (κ2) is 16.9. The van der Waals surface area contributed by atoms with E-state index in [1.54, 1.807) is 24.3 Å². The number of ether oxygens (including phenoxy) is 5. The van der Waals surface area contributed by atoms with E-state index in [0.29, 0.717) is 22.6 Å². The summed E-state index contributed by atoms with van der Waals surface area (Å²) in [6.45, 7) is 3.89. The second-order valence-corrected chi connectivity index (χ2v) is 12.5. The van der Waals surface area contributed by atoms with Crippen molar-refractivity contribution < 1.29 is 60.9 Å². The van der Waals surface area contributed by atoms with Crippen LogP contribution in [-0.4, -0.2) is 88.0 Å². The van der Waals surface area contributed by atoms with Crippen molar-refractivity contribution in [2.24, 2.45) is 0 Å². The van der Waals surface area contributed by atoms with Crippen LogP contribution in [0.2, 0.25) is 5.02 Å². The van der Waals surface area contributed by atoms with Crippen molar-refractivity contribution in [2.45, 2.75) is 69.7 Å². The molecule has 1 saturated heterocycles. The highest BCUT2D eigenvalue weighted by molar-refractivity contribution is 7.90. The lowest BCUT2D eigenvalue weighted by atomic mass is 9.96. The Hall–Kier alpha value is -4.74. The van der Waals surface area contributed by atoms with Crippen LogP contribution in [-0.2, 0) is 59.3 Å². The van der Waals surface area contributed by atoms with Crippen molar-refractivity contribution >= 4 is 57.4 Å². The van der Waals surface area contributed by atoms with Gasteiger partial charge in [-0.2, -0.15) is 0 Å². The first-order chi connectivity index (χ1) is 22.5. The van der Waals surface area contributed by atoms with E-state index in [1.807, 2.05) is 4.72 Å². The molecule has 2 aromatic carbocycles. The number of amides is 3. The van der Waals surface area contributed by atoms with Gasteiger partial charge in [-0.3, -0.25) is 24.0 Å². The molecule has 0 bridgehead atoms. The van der Waals surface area contributed by atoms with Gasteiger partial charge in [-0.05, 0) is 48.4 Å². The predicted molar refractivity (Wildman–Crippen MR) is 165 cm³/mol. The summed E-state index contributed by atoms with van der Waals surface area (Å²) in [5.74, 6) is -3.71. The molecule has 1 aliphatic heterocycles. The molecule has 48 heavy (non-hydrogen) atoms. The molecule has 0 saturated carbocycles. The Morgan fingerprint density at radius 1 is 0.792 bits per heavy atom. The third-order valence-corrected chi connectivity index (χ3v) is 8.15. The first kappa shape index (κ1) is 37.7. The number of hydrogen-bond acceptors (Lipinski definition) is 13. The fourth-order valence-electron chi connectivity index (χ4n) is 4.54. The van der Waals surface area contributed by atoms with Crippen LogP contribution in [0.25, 0.3) is 0 Å². The normalized spacial score (nSPS) is 20.4. The monoisotopic (exact) mass is 711 g/mol. The van der Waals surface area contributed by atoms with Gasteiger partial charge in [0.05, 0.1) is 4.90 Å². The van der Waals surface area contributed by atoms with Crippen LogP contribution in [0.5, 0.6) is 0 Å². The highest BCUT2D eigenvalue weighted by atomic mass is 35.5. The molecule has 5 atom stereocenters. The van der Waals surface area contributed by atoms with Gasteiger partial charge in [0.25, 0.3) is 15.9 Å². The zero-order valence-corrected chi connectivity index (χ0v) is 27.8. The number of carbonyl (C=O) groups is 6. The molecule has 1 heterocycles. The number of benzene rings is 2. The van der Waals surface area contributed by atoms with Crippen LogP contribution in [0.15, 0.2) is 53.4 Å². The number of hydrogen-bond donors (Lipinski definition) is 3. The lowest BCUT2D eigenvalue weighted by molar-refractivity contribution is -0.270. The number of carbonyl (C=O) groups excluding carboxylic acids is 6. The minimum atomic E-state index is -4.48. The average molecular weight is 712 g/mol. The Labute approximate surface area is 280 Å². The van der Waals surface area contributed by atoms with Crippen molar-refractivity contribution in [3.63, 3.8) is 0 Å². The first-order valence-electron chi connectivity index (χ1n) is 14.3. The lowest BCUT2D eigenvalue weighted by Crippen LogP contribution is -2.67. The molecule has 0 radical (unpaired) electrons. The van der Waals surface area contributed by atoms with Crippen LogP contribution in [0, 0.1) is 0 Å². The Morgan fingerprint density at radius 2 is 1.38 bits per heavy atom. The predicted octanol–water partition coefficient (Wildman–Crippen LogP) is 1.38. The number of halogens is 1. The zero-order chi connectivity index (χ0) is 35.6. The molecule has 1 fully saturated rings. The topological polar surface area (TPSA) is 219 Å². The van der Waals surface area contributed by atoms with E-state index in [9.17, 15) is 37.2 Å². The van der Waals surface area contributed by atoms with Crippen molar-refractivity contribution in [1.82, 2.24) is 15.4 Å². The molecule has 2 aromatic rings. The molecule has 0 aliphatic carbocycles. The summed E-state index contributed by atoms with van der Waals surface area (Å²) in [6.07, 6.45) is -5.78. The molecule has 0 spiro atoms. The third-order valence-electron chi connectivity index (χ3n) is 6.55. The molecule has 16 nitrogen and oxygen atoms in total. The zero-order valence-electron chi connectivity index (χ0n) is 26.2. The summed E-state index contributed by atoms with van der Waals surface area (Å²) < 4.78 is 54.3. The van der Waals surface area contributed by atoms with Gasteiger partial charge in [0.1, 0.15) is 18.8 Å². The maximum atomic E-state index is 13.1. The molecule has 1 aliphatic rings. The molecule has 3 N–H and O–H groups in total. The van der Waals surface area contributed by atoms with Gasteiger partial charge >= 0.3 is 29.9 Å². The molecule has 3 rings (SSSR count). The Balaban J connectivity index is 1.73. The van der Waals surface area contributed by atoms with Crippen LogP contribution in [0.3, 0.4) is 0 Å². The lowest BCUT2D eigenvalue weighted by Gasteiger charge is -2.44. The van der Waals surface area contributed by atoms with E-state index >= 15 is 0 Å². The fourth-order valence-corrected chi connectivity index (χ4v) is 5.58. The smallest absolute Gasteiger partial charge is 0.329 e. The van der Waals surface area contributed by atoms with Gasteiger partial charge in [-0.15, -0.1) is 0 Å². The SMILES string of the molecule is CC(=O)OCC1O[C@@H](OC(C)=O)[C@@H](NC(=O)NS(=O)(=O)c2ccc(CCNC(=O)c3ccc(Cl)cc3)cc2)C(OC(C)=O)[C@@H]1OC(C)=O. The van der Waals surface area contributed by atoms with E-state index in [2.05, 4.69) is 10.6 Å². The number of nitrogens with one attached hydrogen (secondary N) is 3. The third kappa shape index (κ3) is 11.2. The molecular formula is C30H34ClN3O13S.